The fourth-order valence-electron chi connectivity index (χ4n) is 2.02. The van der Waals surface area contributed by atoms with Crippen molar-refractivity contribution in [1.29, 1.82) is 0 Å². The van der Waals surface area contributed by atoms with Gasteiger partial charge in [0, 0.05) is 51.2 Å². The van der Waals surface area contributed by atoms with Crippen LogP contribution in [0.5, 0.6) is 0 Å². The minimum Gasteiger partial charge on any atom is -0.384 e. The summed E-state index contributed by atoms with van der Waals surface area (Å²) in [7, 11) is 3.58. The van der Waals surface area contributed by atoms with Gasteiger partial charge < -0.3 is 15.0 Å². The Morgan fingerprint density at radius 1 is 1.65 bits per heavy atom. The zero-order chi connectivity index (χ0) is 12.7. The molecule has 0 aromatic heterocycles. The predicted molar refractivity (Wildman–Crippen MR) is 72.4 cm³/mol. The van der Waals surface area contributed by atoms with E-state index in [0.717, 1.165) is 24.6 Å². The maximum atomic E-state index is 12.0. The molecule has 0 saturated carbocycles. The molecule has 1 aliphatic rings. The molecule has 1 amide bonds. The van der Waals surface area contributed by atoms with E-state index in [4.69, 9.17) is 4.74 Å². The first-order valence-corrected chi connectivity index (χ1v) is 7.33. The van der Waals surface area contributed by atoms with Crippen LogP contribution in [-0.2, 0) is 9.53 Å². The van der Waals surface area contributed by atoms with E-state index in [1.54, 1.807) is 7.11 Å². The fraction of sp³-hybridized carbons (Fsp3) is 0.917. The number of hydrogen-bond donors (Lipinski definition) is 1. The van der Waals surface area contributed by atoms with Crippen molar-refractivity contribution in [2.75, 3.05) is 45.4 Å². The molecule has 100 valence electrons. The fourth-order valence-corrected chi connectivity index (χ4v) is 2.97. The molecule has 2 atom stereocenters. The Kier molecular flexibility index (Phi) is 6.92. The lowest BCUT2D eigenvalue weighted by Gasteiger charge is -2.26. The van der Waals surface area contributed by atoms with Gasteiger partial charge in [-0.3, -0.25) is 4.79 Å². The summed E-state index contributed by atoms with van der Waals surface area (Å²) in [5.41, 5.74) is 0. The van der Waals surface area contributed by atoms with Gasteiger partial charge in [-0.1, -0.05) is 6.92 Å². The quantitative estimate of drug-likeness (QED) is 0.768. The molecule has 0 bridgehead atoms. The molecule has 0 aliphatic carbocycles. The lowest BCUT2D eigenvalue weighted by atomic mass is 10.1. The molecule has 4 nitrogen and oxygen atoms in total. The summed E-state index contributed by atoms with van der Waals surface area (Å²) in [6.07, 6.45) is 0.614. The van der Waals surface area contributed by atoms with Crippen molar-refractivity contribution in [2.24, 2.45) is 5.92 Å². The summed E-state index contributed by atoms with van der Waals surface area (Å²) in [5.74, 6) is 2.83. The van der Waals surface area contributed by atoms with Crippen molar-refractivity contribution in [3.63, 3.8) is 0 Å². The SMILES string of the molecule is COC[C@H](C)CN(C)C(=O)C[C@H]1CSCCN1. The Morgan fingerprint density at radius 2 is 2.41 bits per heavy atom. The highest BCUT2D eigenvalue weighted by Gasteiger charge is 2.19. The van der Waals surface area contributed by atoms with Gasteiger partial charge in [0.15, 0.2) is 0 Å². The van der Waals surface area contributed by atoms with E-state index in [9.17, 15) is 4.79 Å². The molecule has 0 unspecified atom stereocenters. The number of nitrogens with zero attached hydrogens (tertiary/aromatic N) is 1. The van der Waals surface area contributed by atoms with Crippen LogP contribution in [0.4, 0.5) is 0 Å². The summed E-state index contributed by atoms with van der Waals surface area (Å²) < 4.78 is 5.08. The number of carbonyl (C=O) groups excluding carboxylic acids is 1. The van der Waals surface area contributed by atoms with Crippen LogP contribution in [-0.4, -0.2) is 62.2 Å². The molecule has 0 aromatic carbocycles. The number of thioether (sulfide) groups is 1. The van der Waals surface area contributed by atoms with E-state index in [0.29, 0.717) is 25.0 Å². The van der Waals surface area contributed by atoms with Gasteiger partial charge in [-0.05, 0) is 5.92 Å². The first kappa shape index (κ1) is 14.8. The zero-order valence-corrected chi connectivity index (χ0v) is 11.9. The van der Waals surface area contributed by atoms with E-state index < -0.39 is 0 Å². The molecule has 1 aliphatic heterocycles. The molecule has 1 saturated heterocycles. The topological polar surface area (TPSA) is 41.6 Å². The van der Waals surface area contributed by atoms with Crippen LogP contribution in [0.1, 0.15) is 13.3 Å². The normalized spacial score (nSPS) is 22.2. The summed E-state index contributed by atoms with van der Waals surface area (Å²) in [6.45, 7) is 4.59. The van der Waals surface area contributed by atoms with Crippen LogP contribution >= 0.6 is 11.8 Å². The van der Waals surface area contributed by atoms with Crippen molar-refractivity contribution < 1.29 is 9.53 Å². The standard InChI is InChI=1S/C12H24N2O2S/c1-10(8-16-3)7-14(2)12(15)6-11-9-17-5-4-13-11/h10-11,13H,4-9H2,1-3H3/t10-,11+/m1/s1. The van der Waals surface area contributed by atoms with E-state index in [1.165, 1.54) is 0 Å². The number of ether oxygens (including phenoxy) is 1. The van der Waals surface area contributed by atoms with Crippen LogP contribution < -0.4 is 5.32 Å². The lowest BCUT2D eigenvalue weighted by Crippen LogP contribution is -2.42. The van der Waals surface area contributed by atoms with Gasteiger partial charge in [-0.25, -0.2) is 0 Å². The highest BCUT2D eigenvalue weighted by molar-refractivity contribution is 7.99. The third-order valence-electron chi connectivity index (χ3n) is 2.88. The molecular formula is C12H24N2O2S. The second-order valence-corrected chi connectivity index (χ2v) is 5.91. The monoisotopic (exact) mass is 260 g/mol. The third-order valence-corrected chi connectivity index (χ3v) is 4.01. The molecule has 1 N–H and O–H groups in total. The van der Waals surface area contributed by atoms with Gasteiger partial charge in [0.05, 0.1) is 6.61 Å². The Balaban J connectivity index is 2.25. The molecule has 0 spiro atoms. The van der Waals surface area contributed by atoms with Crippen molar-refractivity contribution in [3.8, 4) is 0 Å². The second kappa shape index (κ2) is 7.95. The Hall–Kier alpha value is -0.260. The van der Waals surface area contributed by atoms with Crippen molar-refractivity contribution in [2.45, 2.75) is 19.4 Å². The van der Waals surface area contributed by atoms with E-state index >= 15 is 0 Å². The summed E-state index contributed by atoms with van der Waals surface area (Å²) in [4.78, 5) is 13.8. The summed E-state index contributed by atoms with van der Waals surface area (Å²) >= 11 is 1.93. The predicted octanol–water partition coefficient (Wildman–Crippen LogP) is 0.822. The zero-order valence-electron chi connectivity index (χ0n) is 11.1. The average molecular weight is 260 g/mol. The summed E-state index contributed by atoms with van der Waals surface area (Å²) in [6, 6.07) is 0.349. The molecule has 0 radical (unpaired) electrons. The molecule has 5 heteroatoms. The third kappa shape index (κ3) is 5.75. The van der Waals surface area contributed by atoms with Crippen molar-refractivity contribution >= 4 is 17.7 Å². The maximum absolute atomic E-state index is 12.0. The second-order valence-electron chi connectivity index (χ2n) is 4.76. The lowest BCUT2D eigenvalue weighted by molar-refractivity contribution is -0.131. The Bertz CT molecular complexity index is 233. The van der Waals surface area contributed by atoms with Crippen LogP contribution in [0, 0.1) is 5.92 Å². The van der Waals surface area contributed by atoms with Crippen LogP contribution in [0.2, 0.25) is 0 Å². The molecule has 1 rings (SSSR count). The number of rotatable bonds is 6. The average Bonchev–Trinajstić information content (AvgIpc) is 2.30. The smallest absolute Gasteiger partial charge is 0.223 e. The summed E-state index contributed by atoms with van der Waals surface area (Å²) in [5, 5.41) is 3.39. The van der Waals surface area contributed by atoms with Gasteiger partial charge in [0.2, 0.25) is 5.91 Å². The van der Waals surface area contributed by atoms with E-state index in [1.807, 2.05) is 23.7 Å². The van der Waals surface area contributed by atoms with Crippen LogP contribution in [0.25, 0.3) is 0 Å². The number of carbonyl (C=O) groups is 1. The van der Waals surface area contributed by atoms with Crippen LogP contribution in [0.3, 0.4) is 0 Å². The van der Waals surface area contributed by atoms with Gasteiger partial charge >= 0.3 is 0 Å². The minimum atomic E-state index is 0.230. The molecule has 17 heavy (non-hydrogen) atoms. The molecular weight excluding hydrogens is 236 g/mol. The van der Waals surface area contributed by atoms with Gasteiger partial charge in [0.25, 0.3) is 0 Å². The molecule has 1 fully saturated rings. The Labute approximate surface area is 108 Å². The first-order valence-electron chi connectivity index (χ1n) is 6.17. The van der Waals surface area contributed by atoms with Gasteiger partial charge in [-0.15, -0.1) is 0 Å². The van der Waals surface area contributed by atoms with Gasteiger partial charge in [-0.2, -0.15) is 11.8 Å². The first-order chi connectivity index (χ1) is 8.13. The number of methoxy groups -OCH3 is 1. The van der Waals surface area contributed by atoms with Crippen molar-refractivity contribution in [3.05, 3.63) is 0 Å². The highest BCUT2D eigenvalue weighted by Crippen LogP contribution is 2.11. The largest absolute Gasteiger partial charge is 0.384 e. The number of amides is 1. The minimum absolute atomic E-state index is 0.230. The number of nitrogens with one attached hydrogen (secondary N) is 1. The van der Waals surface area contributed by atoms with Crippen molar-refractivity contribution in [1.82, 2.24) is 10.2 Å². The van der Waals surface area contributed by atoms with E-state index in [2.05, 4.69) is 12.2 Å². The Morgan fingerprint density at radius 3 is 3.00 bits per heavy atom. The highest BCUT2D eigenvalue weighted by atomic mass is 32.2. The number of hydrogen-bond acceptors (Lipinski definition) is 4. The molecule has 1 heterocycles. The van der Waals surface area contributed by atoms with E-state index in [-0.39, 0.29) is 5.91 Å². The van der Waals surface area contributed by atoms with Crippen LogP contribution in [0.15, 0.2) is 0 Å². The van der Waals surface area contributed by atoms with Gasteiger partial charge in [0.1, 0.15) is 0 Å². The maximum Gasteiger partial charge on any atom is 0.223 e. The molecule has 0 aromatic rings.